The summed E-state index contributed by atoms with van der Waals surface area (Å²) >= 11 is 5.41. The lowest BCUT2D eigenvalue weighted by Crippen LogP contribution is -2.43. The van der Waals surface area contributed by atoms with Crippen molar-refractivity contribution in [3.63, 3.8) is 0 Å². The Morgan fingerprint density at radius 3 is 2.58 bits per heavy atom. The molecular formula is C15H24N2OS. The van der Waals surface area contributed by atoms with Crippen molar-refractivity contribution >= 4 is 17.3 Å². The molecule has 0 aliphatic heterocycles. The average molecular weight is 280 g/mol. The first-order chi connectivity index (χ1) is 9.06. The summed E-state index contributed by atoms with van der Waals surface area (Å²) in [6.45, 7) is 6.09. The van der Waals surface area contributed by atoms with Gasteiger partial charge in [-0.05, 0) is 51.9 Å². The minimum Gasteiger partial charge on any atom is -0.466 e. The van der Waals surface area contributed by atoms with Crippen LogP contribution in [0.3, 0.4) is 0 Å². The fourth-order valence-corrected chi connectivity index (χ4v) is 3.17. The summed E-state index contributed by atoms with van der Waals surface area (Å²) in [6, 6.07) is 2.81. The third kappa shape index (κ3) is 3.96. The summed E-state index contributed by atoms with van der Waals surface area (Å²) in [7, 11) is 0. The quantitative estimate of drug-likeness (QED) is 0.827. The van der Waals surface area contributed by atoms with Crippen LogP contribution < -0.4 is 10.6 Å². The lowest BCUT2D eigenvalue weighted by atomic mass is 9.96. The molecule has 1 unspecified atom stereocenters. The van der Waals surface area contributed by atoms with E-state index < -0.39 is 0 Å². The molecule has 2 N–H and O–H groups in total. The molecule has 1 aliphatic carbocycles. The van der Waals surface area contributed by atoms with Crippen LogP contribution in [-0.2, 0) is 0 Å². The van der Waals surface area contributed by atoms with Crippen LogP contribution in [0.4, 0.5) is 0 Å². The first-order valence-electron chi connectivity index (χ1n) is 7.20. The zero-order valence-corrected chi connectivity index (χ0v) is 12.9. The van der Waals surface area contributed by atoms with Crippen LogP contribution in [0.2, 0.25) is 0 Å². The molecule has 3 nitrogen and oxygen atoms in total. The van der Waals surface area contributed by atoms with E-state index in [9.17, 15) is 0 Å². The van der Waals surface area contributed by atoms with Gasteiger partial charge in [-0.3, -0.25) is 0 Å². The highest BCUT2D eigenvalue weighted by Crippen LogP contribution is 2.21. The first-order valence-corrected chi connectivity index (χ1v) is 7.61. The predicted octanol–water partition coefficient (Wildman–Crippen LogP) is 3.75. The van der Waals surface area contributed by atoms with Gasteiger partial charge in [0, 0.05) is 11.6 Å². The van der Waals surface area contributed by atoms with Gasteiger partial charge in [0.1, 0.15) is 11.5 Å². The highest BCUT2D eigenvalue weighted by Gasteiger charge is 2.17. The molecule has 1 saturated carbocycles. The van der Waals surface area contributed by atoms with Crippen LogP contribution >= 0.6 is 12.2 Å². The second-order valence-electron chi connectivity index (χ2n) is 5.54. The molecule has 1 heterocycles. The smallest absolute Gasteiger partial charge is 0.166 e. The topological polar surface area (TPSA) is 37.2 Å². The van der Waals surface area contributed by atoms with Crippen molar-refractivity contribution < 1.29 is 4.42 Å². The highest BCUT2D eigenvalue weighted by atomic mass is 32.1. The largest absolute Gasteiger partial charge is 0.466 e. The number of hydrogen-bond acceptors (Lipinski definition) is 2. The molecule has 0 bridgehead atoms. The molecule has 2 rings (SSSR count). The Bertz CT molecular complexity index is 435. The summed E-state index contributed by atoms with van der Waals surface area (Å²) in [5.41, 5.74) is 1.19. The Balaban J connectivity index is 1.86. The lowest BCUT2D eigenvalue weighted by molar-refractivity contribution is 0.410. The molecule has 1 atom stereocenters. The van der Waals surface area contributed by atoms with Crippen LogP contribution in [0.25, 0.3) is 0 Å². The summed E-state index contributed by atoms with van der Waals surface area (Å²) in [5.74, 6) is 1.92. The van der Waals surface area contributed by atoms with Crippen LogP contribution in [0, 0.1) is 13.8 Å². The van der Waals surface area contributed by atoms with E-state index in [1.54, 1.807) is 0 Å². The Morgan fingerprint density at radius 2 is 2.00 bits per heavy atom. The fraction of sp³-hybridized carbons (Fsp3) is 0.667. The third-order valence-corrected chi connectivity index (χ3v) is 4.07. The van der Waals surface area contributed by atoms with Crippen LogP contribution in [0.5, 0.6) is 0 Å². The van der Waals surface area contributed by atoms with Gasteiger partial charge in [0.05, 0.1) is 6.04 Å². The zero-order chi connectivity index (χ0) is 13.8. The summed E-state index contributed by atoms with van der Waals surface area (Å²) in [6.07, 6.45) is 6.47. The van der Waals surface area contributed by atoms with Gasteiger partial charge in [-0.1, -0.05) is 19.3 Å². The SMILES string of the molecule is Cc1cc(C(C)NC(=S)NC2CCCCC2)c(C)o1. The molecule has 0 radical (unpaired) electrons. The number of hydrogen-bond donors (Lipinski definition) is 2. The van der Waals surface area contributed by atoms with Crippen LogP contribution in [0.15, 0.2) is 10.5 Å². The molecule has 1 fully saturated rings. The lowest BCUT2D eigenvalue weighted by Gasteiger charge is -2.25. The molecule has 1 aliphatic rings. The van der Waals surface area contributed by atoms with Crippen molar-refractivity contribution in [1.82, 2.24) is 10.6 Å². The van der Waals surface area contributed by atoms with Crippen LogP contribution in [0.1, 0.15) is 62.2 Å². The van der Waals surface area contributed by atoms with E-state index in [4.69, 9.17) is 16.6 Å². The van der Waals surface area contributed by atoms with E-state index >= 15 is 0 Å². The van der Waals surface area contributed by atoms with Gasteiger partial charge in [0.25, 0.3) is 0 Å². The number of rotatable bonds is 3. The van der Waals surface area contributed by atoms with Crippen molar-refractivity contribution in [3.05, 3.63) is 23.2 Å². The molecular weight excluding hydrogens is 256 g/mol. The molecule has 0 spiro atoms. The normalized spacial score (nSPS) is 18.1. The van der Waals surface area contributed by atoms with Crippen molar-refractivity contribution in [3.8, 4) is 0 Å². The Labute approximate surface area is 121 Å². The maximum absolute atomic E-state index is 5.56. The number of thiocarbonyl (C=S) groups is 1. The molecule has 106 valence electrons. The Kier molecular flexibility index (Phi) is 4.86. The predicted molar refractivity (Wildman–Crippen MR) is 82.3 cm³/mol. The van der Waals surface area contributed by atoms with Gasteiger partial charge in [-0.15, -0.1) is 0 Å². The van der Waals surface area contributed by atoms with E-state index in [1.807, 2.05) is 13.8 Å². The standard InChI is InChI=1S/C15H24N2OS/c1-10-9-14(12(3)18-10)11(2)16-15(19)17-13-7-5-4-6-8-13/h9,11,13H,4-8H2,1-3H3,(H2,16,17,19). The fourth-order valence-electron chi connectivity index (χ4n) is 2.83. The minimum absolute atomic E-state index is 0.182. The van der Waals surface area contributed by atoms with Crippen molar-refractivity contribution in [2.75, 3.05) is 0 Å². The Morgan fingerprint density at radius 1 is 1.32 bits per heavy atom. The Hall–Kier alpha value is -1.03. The van der Waals surface area contributed by atoms with E-state index in [2.05, 4.69) is 23.6 Å². The van der Waals surface area contributed by atoms with E-state index in [0.29, 0.717) is 6.04 Å². The zero-order valence-electron chi connectivity index (χ0n) is 12.1. The van der Waals surface area contributed by atoms with E-state index in [-0.39, 0.29) is 6.04 Å². The van der Waals surface area contributed by atoms with Gasteiger partial charge >= 0.3 is 0 Å². The molecule has 0 amide bonds. The summed E-state index contributed by atoms with van der Waals surface area (Å²) in [4.78, 5) is 0. The maximum Gasteiger partial charge on any atom is 0.166 e. The highest BCUT2D eigenvalue weighted by molar-refractivity contribution is 7.80. The van der Waals surface area contributed by atoms with Gasteiger partial charge in [0.15, 0.2) is 5.11 Å². The van der Waals surface area contributed by atoms with Gasteiger partial charge in [-0.2, -0.15) is 0 Å². The van der Waals surface area contributed by atoms with E-state index in [1.165, 1.54) is 37.7 Å². The number of furan rings is 1. The number of aryl methyl sites for hydroxylation is 2. The van der Waals surface area contributed by atoms with Crippen molar-refractivity contribution in [2.45, 2.75) is 65.0 Å². The van der Waals surface area contributed by atoms with Crippen molar-refractivity contribution in [1.29, 1.82) is 0 Å². The maximum atomic E-state index is 5.56. The molecule has 1 aromatic heterocycles. The molecule has 19 heavy (non-hydrogen) atoms. The third-order valence-electron chi connectivity index (χ3n) is 3.83. The van der Waals surface area contributed by atoms with Crippen molar-refractivity contribution in [2.24, 2.45) is 0 Å². The summed E-state index contributed by atoms with van der Waals surface area (Å²) in [5, 5.41) is 7.56. The van der Waals surface area contributed by atoms with E-state index in [0.717, 1.165) is 16.6 Å². The number of nitrogens with one attached hydrogen (secondary N) is 2. The van der Waals surface area contributed by atoms with Crippen LogP contribution in [-0.4, -0.2) is 11.2 Å². The molecule has 0 aromatic carbocycles. The van der Waals surface area contributed by atoms with Gasteiger partial charge in [-0.25, -0.2) is 0 Å². The van der Waals surface area contributed by atoms with Gasteiger partial charge < -0.3 is 15.1 Å². The summed E-state index contributed by atoms with van der Waals surface area (Å²) < 4.78 is 5.56. The van der Waals surface area contributed by atoms with Gasteiger partial charge in [0.2, 0.25) is 0 Å². The molecule has 1 aromatic rings. The molecule has 4 heteroatoms. The minimum atomic E-state index is 0.182. The first kappa shape index (κ1) is 14.4. The second kappa shape index (κ2) is 6.42. The monoisotopic (exact) mass is 280 g/mol. The second-order valence-corrected chi connectivity index (χ2v) is 5.95. The molecule has 0 saturated heterocycles. The average Bonchev–Trinajstić information content (AvgIpc) is 2.69.